The molecule has 0 aromatic heterocycles. The molecular weight excluding hydrogens is 873 g/mol. The van der Waals surface area contributed by atoms with Crippen molar-refractivity contribution in [3.63, 3.8) is 0 Å². The van der Waals surface area contributed by atoms with E-state index in [9.17, 15) is 14.7 Å². The van der Waals surface area contributed by atoms with Crippen molar-refractivity contribution in [2.75, 3.05) is 13.2 Å². The number of hydrogen-bond donors (Lipinski definition) is 1. The number of unbranched alkanes of at least 4 members (excludes halogenated alkanes) is 34. The minimum absolute atomic E-state index is 0.0683. The Kier molecular flexibility index (Phi) is 58.9. The van der Waals surface area contributed by atoms with E-state index >= 15 is 0 Å². The third-order valence-electron chi connectivity index (χ3n) is 13.5. The summed E-state index contributed by atoms with van der Waals surface area (Å²) in [5.74, 6) is -0.588. The quantitative estimate of drug-likeness (QED) is 0.0373. The van der Waals surface area contributed by atoms with E-state index < -0.39 is 6.10 Å². The SMILES string of the molecule is CC/C=C\C/C=C\C/C=C\C/C=C\C/C=C\C/C=C\C/C=C\CCCCCCCCCCCC(=O)OC(CO)COC(=O)CCCCCCCCCCCCCCCCCCCCCCCCCCCC. The number of aliphatic hydroxyl groups is 1. The standard InChI is InChI=1S/C66H116O5/c1-3-5-7-9-11-13-15-17-19-21-23-25-27-29-31-32-33-34-35-37-39-41-43-45-47-49-51-53-55-57-59-61-66(69)71-64(62-67)63-70-65(68)60-58-56-54-52-50-48-46-44-42-40-38-36-30-28-26-24-22-20-18-16-14-12-10-8-6-4-2/h5,7,11,13,17,19,23,25,29,31,33-34,37,39,64,67H,3-4,6,8-10,12,14-16,18,20-22,24,26-28,30,32,35-36,38,40-63H2,1-2H3/b7-5-,13-11-,19-17-,25-23-,31-29-,34-33-,39-37-. The molecule has 0 aliphatic heterocycles. The molecule has 0 aliphatic rings. The highest BCUT2D eigenvalue weighted by atomic mass is 16.6. The Bertz CT molecular complexity index is 1300. The van der Waals surface area contributed by atoms with Crippen LogP contribution >= 0.6 is 0 Å². The molecule has 5 heteroatoms. The van der Waals surface area contributed by atoms with Crippen molar-refractivity contribution in [2.24, 2.45) is 0 Å². The zero-order chi connectivity index (χ0) is 51.3. The first kappa shape index (κ1) is 68.1. The lowest BCUT2D eigenvalue weighted by Gasteiger charge is -2.15. The molecule has 1 unspecified atom stereocenters. The Morgan fingerprint density at radius 2 is 0.606 bits per heavy atom. The number of ether oxygens (including phenoxy) is 2. The molecule has 0 bridgehead atoms. The maximum atomic E-state index is 12.3. The van der Waals surface area contributed by atoms with Gasteiger partial charge in [-0.05, 0) is 70.6 Å². The molecule has 0 amide bonds. The Morgan fingerprint density at radius 3 is 0.915 bits per heavy atom. The largest absolute Gasteiger partial charge is 0.462 e. The fourth-order valence-corrected chi connectivity index (χ4v) is 8.89. The van der Waals surface area contributed by atoms with E-state index in [1.54, 1.807) is 0 Å². The zero-order valence-corrected chi connectivity index (χ0v) is 47.0. The van der Waals surface area contributed by atoms with Gasteiger partial charge < -0.3 is 14.6 Å². The molecule has 410 valence electrons. The number of esters is 2. The Labute approximate surface area is 441 Å². The third-order valence-corrected chi connectivity index (χ3v) is 13.5. The summed E-state index contributed by atoms with van der Waals surface area (Å²) in [5, 5.41) is 9.67. The van der Waals surface area contributed by atoms with Crippen LogP contribution in [0.25, 0.3) is 0 Å². The highest BCUT2D eigenvalue weighted by Gasteiger charge is 2.16. The molecule has 0 rings (SSSR count). The number of rotatable bonds is 56. The lowest BCUT2D eigenvalue weighted by atomic mass is 10.0. The van der Waals surface area contributed by atoms with Gasteiger partial charge in [-0.15, -0.1) is 0 Å². The van der Waals surface area contributed by atoms with E-state index in [1.807, 2.05) is 0 Å². The third kappa shape index (κ3) is 59.5. The van der Waals surface area contributed by atoms with Crippen molar-refractivity contribution in [3.8, 4) is 0 Å². The van der Waals surface area contributed by atoms with Crippen LogP contribution in [0.3, 0.4) is 0 Å². The number of carbonyl (C=O) groups is 2. The predicted molar refractivity (Wildman–Crippen MR) is 311 cm³/mol. The van der Waals surface area contributed by atoms with E-state index in [1.165, 1.54) is 186 Å². The van der Waals surface area contributed by atoms with E-state index in [-0.39, 0.29) is 25.2 Å². The molecule has 0 fully saturated rings. The summed E-state index contributed by atoms with van der Waals surface area (Å²) in [7, 11) is 0. The van der Waals surface area contributed by atoms with Crippen LogP contribution in [0.5, 0.6) is 0 Å². The molecule has 0 radical (unpaired) electrons. The summed E-state index contributed by atoms with van der Waals surface area (Å²) in [5.41, 5.74) is 0. The average Bonchev–Trinajstić information content (AvgIpc) is 3.37. The summed E-state index contributed by atoms with van der Waals surface area (Å²) >= 11 is 0. The van der Waals surface area contributed by atoms with Crippen LogP contribution < -0.4 is 0 Å². The van der Waals surface area contributed by atoms with Gasteiger partial charge in [-0.1, -0.05) is 304 Å². The lowest BCUT2D eigenvalue weighted by Crippen LogP contribution is -2.28. The first-order valence-electron chi connectivity index (χ1n) is 30.6. The molecule has 0 heterocycles. The summed E-state index contributed by atoms with van der Waals surface area (Å²) in [4.78, 5) is 24.6. The molecule has 0 saturated heterocycles. The summed E-state index contributed by atoms with van der Waals surface area (Å²) in [6, 6.07) is 0. The van der Waals surface area contributed by atoms with Crippen molar-refractivity contribution in [2.45, 2.75) is 309 Å². The Balaban J connectivity index is 3.50. The topological polar surface area (TPSA) is 72.8 Å². The van der Waals surface area contributed by atoms with Crippen molar-refractivity contribution < 1.29 is 24.2 Å². The van der Waals surface area contributed by atoms with Crippen molar-refractivity contribution >= 4 is 11.9 Å². The highest BCUT2D eigenvalue weighted by molar-refractivity contribution is 5.70. The van der Waals surface area contributed by atoms with E-state index in [0.717, 1.165) is 89.9 Å². The van der Waals surface area contributed by atoms with Crippen LogP contribution in [-0.4, -0.2) is 36.4 Å². The van der Waals surface area contributed by atoms with Gasteiger partial charge in [-0.25, -0.2) is 0 Å². The first-order valence-corrected chi connectivity index (χ1v) is 30.6. The van der Waals surface area contributed by atoms with Crippen LogP contribution in [-0.2, 0) is 19.1 Å². The van der Waals surface area contributed by atoms with Crippen molar-refractivity contribution in [1.29, 1.82) is 0 Å². The van der Waals surface area contributed by atoms with Gasteiger partial charge in [0.2, 0.25) is 0 Å². The van der Waals surface area contributed by atoms with Gasteiger partial charge in [-0.3, -0.25) is 9.59 Å². The second-order valence-electron chi connectivity index (χ2n) is 20.4. The number of carbonyl (C=O) groups excluding carboxylic acids is 2. The van der Waals surface area contributed by atoms with Crippen LogP contribution in [0.15, 0.2) is 85.1 Å². The molecule has 0 spiro atoms. The van der Waals surface area contributed by atoms with Gasteiger partial charge in [0.15, 0.2) is 6.10 Å². The minimum Gasteiger partial charge on any atom is -0.462 e. The van der Waals surface area contributed by atoms with Gasteiger partial charge >= 0.3 is 11.9 Å². The molecule has 0 aliphatic carbocycles. The van der Waals surface area contributed by atoms with Crippen molar-refractivity contribution in [1.82, 2.24) is 0 Å². The Morgan fingerprint density at radius 1 is 0.338 bits per heavy atom. The Hall–Kier alpha value is -2.92. The van der Waals surface area contributed by atoms with Gasteiger partial charge in [0.25, 0.3) is 0 Å². The molecule has 1 atom stereocenters. The van der Waals surface area contributed by atoms with E-state index in [2.05, 4.69) is 98.9 Å². The first-order chi connectivity index (χ1) is 35.1. The van der Waals surface area contributed by atoms with Crippen LogP contribution in [0.4, 0.5) is 0 Å². The number of hydrogen-bond acceptors (Lipinski definition) is 5. The monoisotopic (exact) mass is 989 g/mol. The molecule has 71 heavy (non-hydrogen) atoms. The summed E-state index contributed by atoms with van der Waals surface area (Å²) in [6.07, 6.45) is 85.7. The van der Waals surface area contributed by atoms with E-state index in [4.69, 9.17) is 9.47 Å². The van der Waals surface area contributed by atoms with Gasteiger partial charge in [0.1, 0.15) is 6.61 Å². The van der Waals surface area contributed by atoms with Gasteiger partial charge in [0.05, 0.1) is 6.61 Å². The fraction of sp³-hybridized carbons (Fsp3) is 0.758. The average molecular weight is 990 g/mol. The van der Waals surface area contributed by atoms with Crippen molar-refractivity contribution in [3.05, 3.63) is 85.1 Å². The minimum atomic E-state index is -0.779. The van der Waals surface area contributed by atoms with Crippen LogP contribution in [0, 0.1) is 0 Å². The van der Waals surface area contributed by atoms with Gasteiger partial charge in [-0.2, -0.15) is 0 Å². The molecule has 0 saturated carbocycles. The highest BCUT2D eigenvalue weighted by Crippen LogP contribution is 2.17. The van der Waals surface area contributed by atoms with E-state index in [0.29, 0.717) is 12.8 Å². The molecular formula is C66H116O5. The maximum Gasteiger partial charge on any atom is 0.306 e. The molecule has 5 nitrogen and oxygen atoms in total. The summed E-state index contributed by atoms with van der Waals surface area (Å²) in [6.45, 7) is 4.06. The normalized spacial score (nSPS) is 12.8. The predicted octanol–water partition coefficient (Wildman–Crippen LogP) is 20.9. The second-order valence-corrected chi connectivity index (χ2v) is 20.4. The molecule has 0 aromatic carbocycles. The zero-order valence-electron chi connectivity index (χ0n) is 47.0. The number of allylic oxidation sites excluding steroid dienone is 14. The fourth-order valence-electron chi connectivity index (χ4n) is 8.89. The smallest absolute Gasteiger partial charge is 0.306 e. The van der Waals surface area contributed by atoms with Crippen LogP contribution in [0.1, 0.15) is 303 Å². The second kappa shape index (κ2) is 61.4. The molecule has 1 N–H and O–H groups in total. The lowest BCUT2D eigenvalue weighted by molar-refractivity contribution is -0.161. The maximum absolute atomic E-state index is 12.3. The number of aliphatic hydroxyl groups excluding tert-OH is 1. The summed E-state index contributed by atoms with van der Waals surface area (Å²) < 4.78 is 10.7. The molecule has 0 aromatic rings. The van der Waals surface area contributed by atoms with Gasteiger partial charge in [0, 0.05) is 12.8 Å². The van der Waals surface area contributed by atoms with Crippen LogP contribution in [0.2, 0.25) is 0 Å².